The molecule has 2 aromatic heterocycles. The Hall–Kier alpha value is -2.43. The fourth-order valence-electron chi connectivity index (χ4n) is 1.45. The number of amides is 1. The van der Waals surface area contributed by atoms with Crippen LogP contribution in [0.25, 0.3) is 0 Å². The zero-order valence-corrected chi connectivity index (χ0v) is 10.1. The summed E-state index contributed by atoms with van der Waals surface area (Å²) in [7, 11) is 0. The first-order chi connectivity index (χ1) is 8.79. The number of carbonyl (C=O) groups excluding carboxylic acids is 1. The van der Waals surface area contributed by atoms with E-state index in [0.717, 1.165) is 12.2 Å². The van der Waals surface area contributed by atoms with Crippen LogP contribution in [0, 0.1) is 0 Å². The molecule has 0 fully saturated rings. The maximum Gasteiger partial charge on any atom is 0.275 e. The van der Waals surface area contributed by atoms with Crippen LogP contribution in [0.4, 0.5) is 11.5 Å². The third-order valence-corrected chi connectivity index (χ3v) is 2.28. The first-order valence-electron chi connectivity index (χ1n) is 5.72. The molecule has 0 aliphatic carbocycles. The molecule has 1 amide bonds. The molecule has 0 radical (unpaired) electrons. The molecule has 92 valence electrons. The number of aromatic nitrogens is 2. The molecule has 0 atom stereocenters. The number of hydrogen-bond acceptors (Lipinski definition) is 4. The Morgan fingerprint density at radius 1 is 1.22 bits per heavy atom. The van der Waals surface area contributed by atoms with Crippen LogP contribution in [-0.2, 0) is 0 Å². The topological polar surface area (TPSA) is 66.9 Å². The lowest BCUT2D eigenvalue weighted by Crippen LogP contribution is -2.14. The van der Waals surface area contributed by atoms with E-state index in [0.29, 0.717) is 11.5 Å². The van der Waals surface area contributed by atoms with Gasteiger partial charge in [0, 0.05) is 12.7 Å². The second kappa shape index (κ2) is 5.77. The molecular weight excluding hydrogens is 228 g/mol. The molecule has 0 aliphatic heterocycles. The lowest BCUT2D eigenvalue weighted by molar-refractivity contribution is 0.102. The van der Waals surface area contributed by atoms with E-state index < -0.39 is 0 Å². The predicted molar refractivity (Wildman–Crippen MR) is 70.6 cm³/mol. The highest BCUT2D eigenvalue weighted by molar-refractivity contribution is 6.02. The quantitative estimate of drug-likeness (QED) is 0.862. The summed E-state index contributed by atoms with van der Waals surface area (Å²) in [6.07, 6.45) is 3.26. The van der Waals surface area contributed by atoms with Crippen molar-refractivity contribution >= 4 is 17.4 Å². The Bertz CT molecular complexity index is 510. The molecule has 18 heavy (non-hydrogen) atoms. The van der Waals surface area contributed by atoms with Crippen molar-refractivity contribution in [3.8, 4) is 0 Å². The van der Waals surface area contributed by atoms with Crippen LogP contribution in [0.5, 0.6) is 0 Å². The number of carbonyl (C=O) groups is 1. The Kier molecular flexibility index (Phi) is 3.86. The summed E-state index contributed by atoms with van der Waals surface area (Å²) in [5.41, 5.74) is 1.26. The average molecular weight is 242 g/mol. The maximum atomic E-state index is 11.8. The third kappa shape index (κ3) is 3.04. The molecule has 2 rings (SSSR count). The zero-order chi connectivity index (χ0) is 12.8. The van der Waals surface area contributed by atoms with E-state index in [-0.39, 0.29) is 5.91 Å². The van der Waals surface area contributed by atoms with Gasteiger partial charge in [0.25, 0.3) is 5.91 Å². The SMILES string of the molecule is CCNc1ccc(C(=O)Nc2ccccn2)nc1. The molecule has 0 bridgehead atoms. The van der Waals surface area contributed by atoms with Gasteiger partial charge in [0.1, 0.15) is 11.5 Å². The molecule has 0 spiro atoms. The molecule has 0 saturated heterocycles. The van der Waals surface area contributed by atoms with Crippen molar-refractivity contribution in [2.24, 2.45) is 0 Å². The van der Waals surface area contributed by atoms with E-state index in [2.05, 4.69) is 20.6 Å². The van der Waals surface area contributed by atoms with Crippen LogP contribution in [0.2, 0.25) is 0 Å². The van der Waals surface area contributed by atoms with Crippen LogP contribution >= 0.6 is 0 Å². The maximum absolute atomic E-state index is 11.8. The van der Waals surface area contributed by atoms with Gasteiger partial charge < -0.3 is 10.6 Å². The molecule has 0 unspecified atom stereocenters. The first-order valence-corrected chi connectivity index (χ1v) is 5.72. The molecular formula is C13H14N4O. The van der Waals surface area contributed by atoms with Crippen molar-refractivity contribution in [1.29, 1.82) is 0 Å². The van der Waals surface area contributed by atoms with Gasteiger partial charge in [0.05, 0.1) is 11.9 Å². The number of anilines is 2. The van der Waals surface area contributed by atoms with Gasteiger partial charge in [-0.2, -0.15) is 0 Å². The number of rotatable bonds is 4. The number of pyridine rings is 2. The molecule has 0 aliphatic rings. The van der Waals surface area contributed by atoms with Crippen molar-refractivity contribution in [3.05, 3.63) is 48.4 Å². The van der Waals surface area contributed by atoms with E-state index in [4.69, 9.17) is 0 Å². The summed E-state index contributed by atoms with van der Waals surface area (Å²) in [6, 6.07) is 8.83. The zero-order valence-electron chi connectivity index (χ0n) is 10.1. The summed E-state index contributed by atoms with van der Waals surface area (Å²) in [4.78, 5) is 20.0. The minimum atomic E-state index is -0.267. The van der Waals surface area contributed by atoms with Crippen molar-refractivity contribution in [2.75, 3.05) is 17.2 Å². The third-order valence-electron chi connectivity index (χ3n) is 2.28. The Labute approximate surface area is 105 Å². The number of hydrogen-bond donors (Lipinski definition) is 2. The van der Waals surface area contributed by atoms with Crippen LogP contribution in [0.3, 0.4) is 0 Å². The number of nitrogens with one attached hydrogen (secondary N) is 2. The fraction of sp³-hybridized carbons (Fsp3) is 0.154. The van der Waals surface area contributed by atoms with Gasteiger partial charge in [0.2, 0.25) is 0 Å². The summed E-state index contributed by atoms with van der Waals surface area (Å²) in [6.45, 7) is 2.82. The lowest BCUT2D eigenvalue weighted by atomic mass is 10.3. The van der Waals surface area contributed by atoms with Gasteiger partial charge in [-0.15, -0.1) is 0 Å². The Morgan fingerprint density at radius 3 is 2.72 bits per heavy atom. The summed E-state index contributed by atoms with van der Waals surface area (Å²) < 4.78 is 0. The summed E-state index contributed by atoms with van der Waals surface area (Å²) >= 11 is 0. The van der Waals surface area contributed by atoms with Crippen LogP contribution in [0.15, 0.2) is 42.7 Å². The molecule has 5 heteroatoms. The summed E-state index contributed by atoms with van der Waals surface area (Å²) in [5, 5.41) is 5.79. The normalized spacial score (nSPS) is 9.83. The fourth-order valence-corrected chi connectivity index (χ4v) is 1.45. The highest BCUT2D eigenvalue weighted by Gasteiger charge is 2.07. The van der Waals surface area contributed by atoms with Gasteiger partial charge >= 0.3 is 0 Å². The van der Waals surface area contributed by atoms with E-state index in [1.807, 2.05) is 19.1 Å². The standard InChI is InChI=1S/C13H14N4O/c1-2-14-10-6-7-11(16-9-10)13(18)17-12-5-3-4-8-15-12/h3-9,14H,2H2,1H3,(H,15,17,18). The second-order valence-electron chi connectivity index (χ2n) is 3.63. The average Bonchev–Trinajstić information content (AvgIpc) is 2.41. The van der Waals surface area contributed by atoms with E-state index in [1.54, 1.807) is 30.6 Å². The van der Waals surface area contributed by atoms with Gasteiger partial charge in [-0.3, -0.25) is 4.79 Å². The molecule has 0 aromatic carbocycles. The van der Waals surface area contributed by atoms with E-state index in [9.17, 15) is 4.79 Å². The van der Waals surface area contributed by atoms with E-state index >= 15 is 0 Å². The van der Waals surface area contributed by atoms with Crippen LogP contribution < -0.4 is 10.6 Å². The van der Waals surface area contributed by atoms with E-state index in [1.165, 1.54) is 0 Å². The molecule has 0 saturated carbocycles. The highest BCUT2D eigenvalue weighted by Crippen LogP contribution is 2.08. The smallest absolute Gasteiger partial charge is 0.275 e. The Morgan fingerprint density at radius 2 is 2.11 bits per heavy atom. The first kappa shape index (κ1) is 12.0. The van der Waals surface area contributed by atoms with Crippen molar-refractivity contribution in [2.45, 2.75) is 6.92 Å². The van der Waals surface area contributed by atoms with Crippen molar-refractivity contribution in [1.82, 2.24) is 9.97 Å². The highest BCUT2D eigenvalue weighted by atomic mass is 16.1. The molecule has 5 nitrogen and oxygen atoms in total. The van der Waals surface area contributed by atoms with Gasteiger partial charge in [-0.25, -0.2) is 9.97 Å². The second-order valence-corrected chi connectivity index (χ2v) is 3.63. The van der Waals surface area contributed by atoms with Gasteiger partial charge in [-0.05, 0) is 31.2 Å². The largest absolute Gasteiger partial charge is 0.384 e. The monoisotopic (exact) mass is 242 g/mol. The number of nitrogens with zero attached hydrogens (tertiary/aromatic N) is 2. The lowest BCUT2D eigenvalue weighted by Gasteiger charge is -2.05. The van der Waals surface area contributed by atoms with Crippen LogP contribution in [0.1, 0.15) is 17.4 Å². The van der Waals surface area contributed by atoms with Gasteiger partial charge in [-0.1, -0.05) is 6.07 Å². The van der Waals surface area contributed by atoms with Crippen molar-refractivity contribution in [3.63, 3.8) is 0 Å². The predicted octanol–water partition coefficient (Wildman–Crippen LogP) is 2.16. The minimum absolute atomic E-state index is 0.267. The van der Waals surface area contributed by atoms with Crippen molar-refractivity contribution < 1.29 is 4.79 Å². The van der Waals surface area contributed by atoms with Crippen LogP contribution in [-0.4, -0.2) is 22.4 Å². The molecule has 2 N–H and O–H groups in total. The Balaban J connectivity index is 2.05. The molecule has 2 heterocycles. The minimum Gasteiger partial charge on any atom is -0.384 e. The molecule has 2 aromatic rings. The van der Waals surface area contributed by atoms with Gasteiger partial charge in [0.15, 0.2) is 0 Å². The summed E-state index contributed by atoms with van der Waals surface area (Å²) in [5.74, 6) is 0.247.